The second kappa shape index (κ2) is 26.0. The zero-order chi connectivity index (χ0) is 54.9. The fourth-order valence-corrected chi connectivity index (χ4v) is 12.2. The summed E-state index contributed by atoms with van der Waals surface area (Å²) in [6, 6.07) is 43.4. The molecule has 2 aliphatic rings. The third-order valence-electron chi connectivity index (χ3n) is 13.2. The number of rotatable bonds is 13. The number of hydrogen-bond acceptors (Lipinski definition) is 17. The first kappa shape index (κ1) is 57.7. The van der Waals surface area contributed by atoms with E-state index in [1.54, 1.807) is 78.2 Å². The number of alkyl halides is 1. The third-order valence-corrected chi connectivity index (χ3v) is 17.2. The quantitative estimate of drug-likeness (QED) is 0.0425. The van der Waals surface area contributed by atoms with Gasteiger partial charge >= 0.3 is 0 Å². The number of imidazole rings is 2. The fourth-order valence-electron chi connectivity index (χ4n) is 9.01. The summed E-state index contributed by atoms with van der Waals surface area (Å²) in [5.41, 5.74) is 5.70. The summed E-state index contributed by atoms with van der Waals surface area (Å²) in [6.07, 6.45) is 2.57. The maximum Gasteiger partial charge on any atom is 0.256 e. The lowest BCUT2D eigenvalue weighted by molar-refractivity contribution is 0.0113. The second-order valence-corrected chi connectivity index (χ2v) is 21.2. The lowest BCUT2D eigenvalue weighted by atomic mass is 9.84. The Labute approximate surface area is 469 Å². The summed E-state index contributed by atoms with van der Waals surface area (Å²) in [7, 11) is 3.31. The largest absolute Gasteiger partial charge is 0.497 e. The zero-order valence-corrected chi connectivity index (χ0v) is 44.7. The monoisotopic (exact) mass is 1130 g/mol. The topological polar surface area (TPSA) is 265 Å². The molecule has 2 amide bonds. The number of anilines is 2. The number of fused-ring (bicyclic) bond motifs is 2. The Bertz CT molecular complexity index is 3240. The van der Waals surface area contributed by atoms with Crippen LogP contribution in [0.5, 0.6) is 11.5 Å². The van der Waals surface area contributed by atoms with E-state index in [2.05, 4.69) is 40.5 Å². The van der Waals surface area contributed by atoms with Crippen molar-refractivity contribution in [2.75, 3.05) is 31.5 Å². The maximum atomic E-state index is 12.4. The smallest absolute Gasteiger partial charge is 0.256 e. The molecular formula is C57H59ClN10O9S2. The van der Waals surface area contributed by atoms with Gasteiger partial charge in [0, 0.05) is 16.4 Å². The van der Waals surface area contributed by atoms with Gasteiger partial charge in [-0.1, -0.05) is 105 Å². The highest BCUT2D eigenvalue weighted by Gasteiger charge is 2.44. The van der Waals surface area contributed by atoms with E-state index in [1.807, 2.05) is 97.9 Å². The van der Waals surface area contributed by atoms with E-state index < -0.39 is 45.3 Å². The summed E-state index contributed by atoms with van der Waals surface area (Å²) < 4.78 is 13.9. The van der Waals surface area contributed by atoms with Crippen LogP contribution in [-0.4, -0.2) is 132 Å². The minimum Gasteiger partial charge on any atom is -0.497 e. The number of aromatic nitrogens is 8. The first-order valence-corrected chi connectivity index (χ1v) is 26.9. The molecule has 0 saturated carbocycles. The SMILES string of the molecule is C.CC[C@H]1S[C@@H](n2cnc3c(NC(=O)c4ccccc4)ncnc32)[C@H](O)[C@@H]1O.COc1ccc(C(Cl)(c2ccccc2)c2ccc(OC)cc2)cc1.O=C(Nc1ncnc2c1ncn2[C@@H]1S[C@H](CO)[C@@H](O)[C@H]1O)c1ccccc1. The maximum absolute atomic E-state index is 12.4. The molecule has 19 nitrogen and oxygen atoms in total. The van der Waals surface area contributed by atoms with Crippen molar-refractivity contribution in [3.63, 3.8) is 0 Å². The van der Waals surface area contributed by atoms with Crippen molar-refractivity contribution in [3.8, 4) is 11.5 Å². The van der Waals surface area contributed by atoms with Crippen LogP contribution in [0.3, 0.4) is 0 Å². The van der Waals surface area contributed by atoms with Gasteiger partial charge in [0.1, 0.15) is 52.0 Å². The van der Waals surface area contributed by atoms with Crippen molar-refractivity contribution in [2.45, 2.75) is 71.3 Å². The van der Waals surface area contributed by atoms with E-state index in [0.717, 1.165) is 34.6 Å². The van der Waals surface area contributed by atoms with Crippen LogP contribution < -0.4 is 20.1 Å². The molecule has 410 valence electrons. The minimum absolute atomic E-state index is 0. The van der Waals surface area contributed by atoms with Crippen LogP contribution in [0.4, 0.5) is 11.6 Å². The van der Waals surface area contributed by atoms with Gasteiger partial charge in [-0.2, -0.15) is 0 Å². The van der Waals surface area contributed by atoms with Gasteiger partial charge in [-0.15, -0.1) is 35.1 Å². The standard InChI is InChI=1S/C21H19ClO2.C18H19N5O3S.C17H17N5O4S.CH4/c1-23-19-12-8-17(9-13-19)21(22,16-6-4-3-5-7-16)18-10-14-20(24-2)15-11-18;1-2-11-13(24)14(25)18(27-11)23-9-21-12-15(19-8-20-16(12)23)22-17(26)10-6-4-3-5-7-10;23-6-10-12(24)13(25)17(27-10)22-8-20-11-14(18-7-19-15(11)22)21-16(26)9-4-2-1-3-5-9;/h3-15H,1-2H3;3-9,11,13-14,18,24-25H,2H2,1H3,(H,19,20,22,26);1-5,7-8,10,12-13,17,23-25H,6H2,(H,18,19,21,26);1H4/t;11-,13-,14-,18-;10-,12-,13-,17-;/m.11./s1. The first-order chi connectivity index (χ1) is 37.9. The molecule has 22 heteroatoms. The number of halogens is 1. The molecule has 79 heavy (non-hydrogen) atoms. The highest BCUT2D eigenvalue weighted by molar-refractivity contribution is 8.00. The molecule has 0 aliphatic carbocycles. The summed E-state index contributed by atoms with van der Waals surface area (Å²) in [6.45, 7) is 1.72. The number of amides is 2. The molecule has 6 heterocycles. The third kappa shape index (κ3) is 12.2. The molecule has 0 radical (unpaired) electrons. The van der Waals surface area contributed by atoms with Crippen molar-refractivity contribution < 1.29 is 44.6 Å². The molecule has 0 unspecified atom stereocenters. The lowest BCUT2D eigenvalue weighted by Gasteiger charge is -2.29. The van der Waals surface area contributed by atoms with Gasteiger partial charge in [-0.3, -0.25) is 18.7 Å². The zero-order valence-electron chi connectivity index (χ0n) is 42.3. The molecule has 8 atom stereocenters. The predicted octanol–water partition coefficient (Wildman–Crippen LogP) is 8.10. The molecule has 0 spiro atoms. The van der Waals surface area contributed by atoms with Crippen molar-refractivity contribution >= 4 is 80.9 Å². The number of aliphatic hydroxyl groups is 5. The normalized spacial score (nSPS) is 20.5. The number of methoxy groups -OCH3 is 2. The summed E-state index contributed by atoms with van der Waals surface area (Å²) in [5.74, 6) is 1.56. The second-order valence-electron chi connectivity index (χ2n) is 17.9. The molecule has 7 N–H and O–H groups in total. The number of carbonyl (C=O) groups excluding carboxylic acids is 2. The van der Waals surface area contributed by atoms with Crippen LogP contribution in [0.2, 0.25) is 0 Å². The highest BCUT2D eigenvalue weighted by Crippen LogP contribution is 2.46. The van der Waals surface area contributed by atoms with E-state index in [-0.39, 0.29) is 36.9 Å². The molecule has 5 aromatic carbocycles. The number of nitrogens with zero attached hydrogens (tertiary/aromatic N) is 8. The van der Waals surface area contributed by atoms with Gasteiger partial charge in [-0.25, -0.2) is 29.9 Å². The Balaban J connectivity index is 0.000000155. The van der Waals surface area contributed by atoms with Gasteiger partial charge < -0.3 is 45.6 Å². The summed E-state index contributed by atoms with van der Waals surface area (Å²) >= 11 is 9.96. The Morgan fingerprint density at radius 3 is 1.30 bits per heavy atom. The van der Waals surface area contributed by atoms with Crippen LogP contribution in [0.25, 0.3) is 22.3 Å². The number of hydrogen-bond donors (Lipinski definition) is 7. The van der Waals surface area contributed by atoms with Crippen LogP contribution in [0, 0.1) is 0 Å². The summed E-state index contributed by atoms with van der Waals surface area (Å²) in [4.78, 5) is 49.4. The van der Waals surface area contributed by atoms with Gasteiger partial charge in [-0.05, 0) is 71.6 Å². The molecule has 2 fully saturated rings. The molecule has 11 rings (SSSR count). The molecule has 4 aromatic heterocycles. The van der Waals surface area contributed by atoms with Gasteiger partial charge in [0.2, 0.25) is 0 Å². The Hall–Kier alpha value is -7.47. The van der Waals surface area contributed by atoms with E-state index in [4.69, 9.17) is 21.1 Å². The number of aliphatic hydroxyl groups excluding tert-OH is 5. The molecule has 2 aliphatic heterocycles. The van der Waals surface area contributed by atoms with Crippen LogP contribution in [-0.2, 0) is 4.87 Å². The highest BCUT2D eigenvalue weighted by atomic mass is 35.5. The summed E-state index contributed by atoms with van der Waals surface area (Å²) in [5, 5.41) is 54.3. The van der Waals surface area contributed by atoms with Crippen molar-refractivity contribution in [3.05, 3.63) is 193 Å². The Kier molecular flexibility index (Phi) is 19.0. The molecule has 2 saturated heterocycles. The first-order valence-electron chi connectivity index (χ1n) is 24.6. The number of nitrogens with one attached hydrogen (secondary N) is 2. The molecular weight excluding hydrogens is 1070 g/mol. The Morgan fingerprint density at radius 2 is 0.937 bits per heavy atom. The van der Waals surface area contributed by atoms with Gasteiger partial charge in [0.15, 0.2) is 34.0 Å². The van der Waals surface area contributed by atoms with Crippen LogP contribution in [0.1, 0.15) is 68.9 Å². The molecule has 0 bridgehead atoms. The van der Waals surface area contributed by atoms with Crippen LogP contribution in [0.15, 0.2) is 165 Å². The van der Waals surface area contributed by atoms with Gasteiger partial charge in [0.05, 0.1) is 50.9 Å². The lowest BCUT2D eigenvalue weighted by Crippen LogP contribution is -2.32. The van der Waals surface area contributed by atoms with Crippen molar-refractivity contribution in [2.24, 2.45) is 0 Å². The predicted molar refractivity (Wildman–Crippen MR) is 307 cm³/mol. The number of thioether (sulfide) groups is 2. The Morgan fingerprint density at radius 1 is 0.557 bits per heavy atom. The molecule has 9 aromatic rings. The van der Waals surface area contributed by atoms with E-state index in [0.29, 0.717) is 39.3 Å². The number of benzene rings is 5. The van der Waals surface area contributed by atoms with E-state index in [9.17, 15) is 35.1 Å². The minimum atomic E-state index is -1.08. The van der Waals surface area contributed by atoms with E-state index in [1.165, 1.54) is 42.5 Å². The van der Waals surface area contributed by atoms with Crippen molar-refractivity contribution in [1.29, 1.82) is 0 Å². The van der Waals surface area contributed by atoms with Gasteiger partial charge in [0.25, 0.3) is 11.8 Å². The van der Waals surface area contributed by atoms with Crippen molar-refractivity contribution in [1.82, 2.24) is 39.0 Å². The number of ether oxygens (including phenoxy) is 2. The fraction of sp³-hybridized carbons (Fsp3) is 0.263. The van der Waals surface area contributed by atoms with E-state index >= 15 is 0 Å². The average Bonchev–Trinajstić information content (AvgIpc) is 4.44. The van der Waals surface area contributed by atoms with Crippen LogP contribution >= 0.6 is 35.1 Å². The number of carbonyl (C=O) groups is 2. The average molecular weight is 1130 g/mol.